The average molecular weight is 274 g/mol. The molecule has 0 saturated heterocycles. The van der Waals surface area contributed by atoms with E-state index in [0.717, 1.165) is 0 Å². The molecule has 4 heteroatoms. The molecule has 4 nitrogen and oxygen atoms in total. The number of carbonyl (C=O) groups is 1. The molecule has 20 heavy (non-hydrogen) atoms. The number of hydrogen-bond acceptors (Lipinski definition) is 4. The van der Waals surface area contributed by atoms with Gasteiger partial charge in [0, 0.05) is 5.56 Å². The lowest BCUT2D eigenvalue weighted by Gasteiger charge is -2.11. The molecule has 1 aromatic carbocycles. The van der Waals surface area contributed by atoms with Crippen molar-refractivity contribution in [2.24, 2.45) is 0 Å². The quantitative estimate of drug-likeness (QED) is 0.725. The van der Waals surface area contributed by atoms with E-state index in [2.05, 4.69) is 0 Å². The van der Waals surface area contributed by atoms with Crippen LogP contribution in [0.2, 0.25) is 0 Å². The number of carbonyl (C=O) groups excluding carboxylic acids is 1. The number of ether oxygens (including phenoxy) is 2. The third-order valence-electron chi connectivity index (χ3n) is 2.78. The topological polar surface area (TPSA) is 48.7 Å². The Bertz CT molecular complexity index is 558. The molecular formula is C16H18O4. The van der Waals surface area contributed by atoms with Gasteiger partial charge in [-0.3, -0.25) is 4.79 Å². The molecule has 1 heterocycles. The molecule has 1 aromatic heterocycles. The number of hydrogen-bond donors (Lipinski definition) is 0. The van der Waals surface area contributed by atoms with Crippen LogP contribution in [0.1, 0.15) is 30.0 Å². The van der Waals surface area contributed by atoms with E-state index in [1.165, 1.54) is 0 Å². The normalized spacial score (nSPS) is 10.3. The van der Waals surface area contributed by atoms with Crippen LogP contribution in [-0.2, 0) is 6.42 Å². The Hall–Kier alpha value is -2.23. The summed E-state index contributed by atoms with van der Waals surface area (Å²) in [5, 5.41) is 0. The zero-order chi connectivity index (χ0) is 14.4. The maximum Gasteiger partial charge on any atom is 0.170 e. The van der Waals surface area contributed by atoms with Crippen LogP contribution >= 0.6 is 0 Å². The number of benzene rings is 1. The highest BCUT2D eigenvalue weighted by Crippen LogP contribution is 2.29. The summed E-state index contributed by atoms with van der Waals surface area (Å²) in [4.78, 5) is 12.2. The summed E-state index contributed by atoms with van der Waals surface area (Å²) in [6, 6.07) is 8.80. The molecule has 106 valence electrons. The maximum atomic E-state index is 12.2. The van der Waals surface area contributed by atoms with Crippen LogP contribution in [0, 0.1) is 0 Å². The second-order valence-electron chi connectivity index (χ2n) is 4.21. The summed E-state index contributed by atoms with van der Waals surface area (Å²) in [5.41, 5.74) is 0.591. The number of Topliss-reactive ketones (excluding diaryl/α,β-unsaturated/α-hetero) is 1. The minimum Gasteiger partial charge on any atom is -0.490 e. The Morgan fingerprint density at radius 3 is 2.50 bits per heavy atom. The molecule has 0 aliphatic rings. The molecule has 2 aromatic rings. The lowest BCUT2D eigenvalue weighted by Crippen LogP contribution is -2.05. The second-order valence-corrected chi connectivity index (χ2v) is 4.21. The first kappa shape index (κ1) is 14.2. The Morgan fingerprint density at radius 2 is 1.85 bits per heavy atom. The van der Waals surface area contributed by atoms with Gasteiger partial charge < -0.3 is 13.9 Å². The number of rotatable bonds is 7. The summed E-state index contributed by atoms with van der Waals surface area (Å²) in [6.45, 7) is 4.88. The van der Waals surface area contributed by atoms with E-state index in [0.29, 0.717) is 36.0 Å². The van der Waals surface area contributed by atoms with E-state index < -0.39 is 0 Å². The van der Waals surface area contributed by atoms with Gasteiger partial charge in [0.2, 0.25) is 0 Å². The van der Waals surface area contributed by atoms with Crippen molar-refractivity contribution in [1.82, 2.24) is 0 Å². The van der Waals surface area contributed by atoms with E-state index in [-0.39, 0.29) is 12.2 Å². The van der Waals surface area contributed by atoms with Crippen LogP contribution in [-0.4, -0.2) is 19.0 Å². The van der Waals surface area contributed by atoms with Crippen LogP contribution in [0.3, 0.4) is 0 Å². The summed E-state index contributed by atoms with van der Waals surface area (Å²) < 4.78 is 16.2. The summed E-state index contributed by atoms with van der Waals surface area (Å²) in [6.07, 6.45) is 1.80. The van der Waals surface area contributed by atoms with E-state index >= 15 is 0 Å². The van der Waals surface area contributed by atoms with E-state index in [4.69, 9.17) is 13.9 Å². The van der Waals surface area contributed by atoms with Crippen LogP contribution in [0.25, 0.3) is 0 Å². The van der Waals surface area contributed by atoms with Gasteiger partial charge in [-0.2, -0.15) is 0 Å². The van der Waals surface area contributed by atoms with Gasteiger partial charge in [-0.1, -0.05) is 0 Å². The minimum absolute atomic E-state index is 0.0102. The fourth-order valence-corrected chi connectivity index (χ4v) is 1.90. The fraction of sp³-hybridized carbons (Fsp3) is 0.312. The largest absolute Gasteiger partial charge is 0.490 e. The van der Waals surface area contributed by atoms with Gasteiger partial charge in [-0.25, -0.2) is 0 Å². The Balaban J connectivity index is 2.19. The van der Waals surface area contributed by atoms with Crippen molar-refractivity contribution in [3.05, 3.63) is 47.9 Å². The summed E-state index contributed by atoms with van der Waals surface area (Å²) in [7, 11) is 0. The third kappa shape index (κ3) is 3.41. The van der Waals surface area contributed by atoms with Gasteiger partial charge in [0.05, 0.1) is 25.9 Å². The molecule has 0 atom stereocenters. The predicted molar refractivity (Wildman–Crippen MR) is 75.5 cm³/mol. The molecule has 0 spiro atoms. The Kier molecular flexibility index (Phi) is 4.82. The molecule has 0 aliphatic heterocycles. The summed E-state index contributed by atoms with van der Waals surface area (Å²) in [5.74, 6) is 1.90. The second kappa shape index (κ2) is 6.80. The minimum atomic E-state index is -0.0102. The highest BCUT2D eigenvalue weighted by molar-refractivity contribution is 5.97. The van der Waals surface area contributed by atoms with Gasteiger partial charge in [-0.05, 0) is 44.2 Å². The molecule has 0 unspecified atom stereocenters. The van der Waals surface area contributed by atoms with E-state index in [1.54, 1.807) is 36.6 Å². The average Bonchev–Trinajstić information content (AvgIpc) is 2.94. The molecule has 0 radical (unpaired) electrons. The van der Waals surface area contributed by atoms with Crippen LogP contribution in [0.5, 0.6) is 11.5 Å². The molecule has 2 rings (SSSR count). The van der Waals surface area contributed by atoms with Gasteiger partial charge in [0.15, 0.2) is 17.3 Å². The Morgan fingerprint density at radius 1 is 1.10 bits per heavy atom. The van der Waals surface area contributed by atoms with Gasteiger partial charge >= 0.3 is 0 Å². The smallest absolute Gasteiger partial charge is 0.170 e. The molecule has 0 amide bonds. The third-order valence-corrected chi connectivity index (χ3v) is 2.78. The Labute approximate surface area is 118 Å². The lowest BCUT2D eigenvalue weighted by molar-refractivity contribution is 0.0986. The highest BCUT2D eigenvalue weighted by atomic mass is 16.5. The van der Waals surface area contributed by atoms with E-state index in [1.807, 2.05) is 13.8 Å². The maximum absolute atomic E-state index is 12.2. The molecule has 0 aliphatic carbocycles. The SMILES string of the molecule is CCOc1ccc(C(=O)Cc2ccco2)cc1OCC. The van der Waals surface area contributed by atoms with Crippen molar-refractivity contribution in [1.29, 1.82) is 0 Å². The zero-order valence-corrected chi connectivity index (χ0v) is 11.7. The van der Waals surface area contributed by atoms with Crippen LogP contribution in [0.15, 0.2) is 41.0 Å². The number of furan rings is 1. The predicted octanol–water partition coefficient (Wildman–Crippen LogP) is 3.50. The van der Waals surface area contributed by atoms with Crippen molar-refractivity contribution >= 4 is 5.78 Å². The van der Waals surface area contributed by atoms with Gasteiger partial charge in [-0.15, -0.1) is 0 Å². The molecular weight excluding hydrogens is 256 g/mol. The highest BCUT2D eigenvalue weighted by Gasteiger charge is 2.13. The van der Waals surface area contributed by atoms with Crippen molar-refractivity contribution in [2.45, 2.75) is 20.3 Å². The molecule has 0 N–H and O–H groups in total. The lowest BCUT2D eigenvalue weighted by atomic mass is 10.1. The van der Waals surface area contributed by atoms with Crippen molar-refractivity contribution < 1.29 is 18.7 Å². The fourth-order valence-electron chi connectivity index (χ4n) is 1.90. The molecule has 0 fully saturated rings. The standard InChI is InChI=1S/C16H18O4/c1-3-18-15-8-7-12(10-16(15)19-4-2)14(17)11-13-6-5-9-20-13/h5-10H,3-4,11H2,1-2H3. The zero-order valence-electron chi connectivity index (χ0n) is 11.7. The van der Waals surface area contributed by atoms with Gasteiger partial charge in [0.1, 0.15) is 5.76 Å². The monoisotopic (exact) mass is 274 g/mol. The number of ketones is 1. The first-order valence-corrected chi connectivity index (χ1v) is 6.69. The van der Waals surface area contributed by atoms with Crippen LogP contribution in [0.4, 0.5) is 0 Å². The summed E-state index contributed by atoms with van der Waals surface area (Å²) >= 11 is 0. The molecule has 0 saturated carbocycles. The van der Waals surface area contributed by atoms with Crippen molar-refractivity contribution in [3.63, 3.8) is 0 Å². The molecule has 0 bridgehead atoms. The first-order chi connectivity index (χ1) is 9.74. The van der Waals surface area contributed by atoms with Crippen molar-refractivity contribution in [3.8, 4) is 11.5 Å². The van der Waals surface area contributed by atoms with Crippen LogP contribution < -0.4 is 9.47 Å². The first-order valence-electron chi connectivity index (χ1n) is 6.69. The van der Waals surface area contributed by atoms with Crippen molar-refractivity contribution in [2.75, 3.05) is 13.2 Å². The van der Waals surface area contributed by atoms with E-state index in [9.17, 15) is 4.79 Å². The van der Waals surface area contributed by atoms with Gasteiger partial charge in [0.25, 0.3) is 0 Å².